The third-order valence-electron chi connectivity index (χ3n) is 3.45. The van der Waals surface area contributed by atoms with Crippen LogP contribution in [0.4, 0.5) is 0 Å². The maximum absolute atomic E-state index is 12.4. The van der Waals surface area contributed by atoms with Gasteiger partial charge in [-0.05, 0) is 24.1 Å². The summed E-state index contributed by atoms with van der Waals surface area (Å²) in [7, 11) is -0.595. The van der Waals surface area contributed by atoms with Crippen LogP contribution in [0.3, 0.4) is 0 Å². The van der Waals surface area contributed by atoms with E-state index < -0.39 is 10.0 Å². The number of carbonyl (C=O) groups is 1. The van der Waals surface area contributed by atoms with E-state index in [1.54, 1.807) is 25.2 Å². The summed E-state index contributed by atoms with van der Waals surface area (Å²) in [5.74, 6) is -0.261. The van der Waals surface area contributed by atoms with E-state index in [9.17, 15) is 13.2 Å². The summed E-state index contributed by atoms with van der Waals surface area (Å²) in [4.78, 5) is 13.9. The molecule has 1 amide bonds. The molecule has 0 atom stereocenters. The monoisotopic (exact) mass is 363 g/mol. The highest BCUT2D eigenvalue weighted by Gasteiger charge is 2.26. The molecule has 23 heavy (non-hydrogen) atoms. The van der Waals surface area contributed by atoms with Gasteiger partial charge in [-0.15, -0.1) is 12.4 Å². The Labute approximate surface area is 145 Å². The van der Waals surface area contributed by atoms with Crippen molar-refractivity contribution in [2.75, 3.05) is 33.7 Å². The van der Waals surface area contributed by atoms with Gasteiger partial charge in [-0.25, -0.2) is 8.42 Å². The number of carbonyl (C=O) groups excluding carboxylic acids is 1. The molecule has 1 aromatic carbocycles. The zero-order valence-electron chi connectivity index (χ0n) is 14.0. The van der Waals surface area contributed by atoms with Crippen molar-refractivity contribution >= 4 is 28.3 Å². The number of nitrogens with two attached hydrogens (primary N) is 1. The van der Waals surface area contributed by atoms with Crippen molar-refractivity contribution < 1.29 is 13.2 Å². The number of hydrogen-bond donors (Lipinski definition) is 1. The Morgan fingerprint density at radius 1 is 1.17 bits per heavy atom. The minimum Gasteiger partial charge on any atom is -0.344 e. The average molecular weight is 364 g/mol. The Balaban J connectivity index is 0.00000484. The van der Waals surface area contributed by atoms with Crippen LogP contribution in [0.1, 0.15) is 13.8 Å². The molecule has 0 spiro atoms. The molecule has 0 aliphatic carbocycles. The lowest BCUT2D eigenvalue weighted by Crippen LogP contribution is -2.44. The smallest absolute Gasteiger partial charge is 0.243 e. The zero-order valence-corrected chi connectivity index (χ0v) is 15.7. The number of likely N-dealkylation sites (N-methyl/N-ethyl adjacent to an activating group) is 2. The quantitative estimate of drug-likeness (QED) is 0.788. The summed E-state index contributed by atoms with van der Waals surface area (Å²) in [5, 5.41) is 0. The van der Waals surface area contributed by atoms with Crippen molar-refractivity contribution in [2.45, 2.75) is 18.7 Å². The van der Waals surface area contributed by atoms with Crippen LogP contribution in [0.5, 0.6) is 0 Å². The SMILES string of the molecule is CN(CC(C)(C)CN)C(=O)CN(C)S(=O)(=O)c1ccccc1.Cl. The van der Waals surface area contributed by atoms with Gasteiger partial charge in [0.05, 0.1) is 11.4 Å². The summed E-state index contributed by atoms with van der Waals surface area (Å²) in [6.07, 6.45) is 0. The number of halogens is 1. The van der Waals surface area contributed by atoms with Gasteiger partial charge in [-0.1, -0.05) is 32.0 Å². The second-order valence-electron chi connectivity index (χ2n) is 6.19. The van der Waals surface area contributed by atoms with E-state index in [0.29, 0.717) is 13.1 Å². The first-order valence-electron chi connectivity index (χ1n) is 7.05. The van der Waals surface area contributed by atoms with Crippen molar-refractivity contribution in [2.24, 2.45) is 11.1 Å². The van der Waals surface area contributed by atoms with Crippen LogP contribution in [0, 0.1) is 5.41 Å². The van der Waals surface area contributed by atoms with Gasteiger partial charge >= 0.3 is 0 Å². The third kappa shape index (κ3) is 6.10. The summed E-state index contributed by atoms with van der Waals surface area (Å²) in [5.41, 5.74) is 5.45. The Hall–Kier alpha value is -1.15. The molecule has 2 N–H and O–H groups in total. The number of amides is 1. The largest absolute Gasteiger partial charge is 0.344 e. The average Bonchev–Trinajstić information content (AvgIpc) is 2.47. The molecule has 0 aliphatic rings. The van der Waals surface area contributed by atoms with Gasteiger partial charge in [0, 0.05) is 20.6 Å². The topological polar surface area (TPSA) is 83.7 Å². The van der Waals surface area contributed by atoms with Crippen LogP contribution in [-0.2, 0) is 14.8 Å². The van der Waals surface area contributed by atoms with Gasteiger partial charge < -0.3 is 10.6 Å². The molecule has 0 aliphatic heterocycles. The van der Waals surface area contributed by atoms with Crippen LogP contribution in [-0.4, -0.2) is 57.3 Å². The fraction of sp³-hybridized carbons (Fsp3) is 0.533. The minimum atomic E-state index is -3.66. The second kappa shape index (κ2) is 8.63. The van der Waals surface area contributed by atoms with Gasteiger partial charge in [0.1, 0.15) is 0 Å². The van der Waals surface area contributed by atoms with E-state index in [0.717, 1.165) is 4.31 Å². The summed E-state index contributed by atoms with van der Waals surface area (Å²) >= 11 is 0. The Bertz CT molecular complexity index is 606. The fourth-order valence-electron chi connectivity index (χ4n) is 1.96. The molecule has 0 saturated heterocycles. The summed E-state index contributed by atoms with van der Waals surface area (Å²) < 4.78 is 25.8. The molecular weight excluding hydrogens is 338 g/mol. The van der Waals surface area contributed by atoms with E-state index in [1.807, 2.05) is 13.8 Å². The molecule has 0 heterocycles. The highest BCUT2D eigenvalue weighted by atomic mass is 35.5. The lowest BCUT2D eigenvalue weighted by Gasteiger charge is -2.30. The standard InChI is InChI=1S/C15H25N3O3S.ClH/c1-15(2,11-16)12-17(3)14(19)10-18(4)22(20,21)13-8-6-5-7-9-13;/h5-9H,10-12,16H2,1-4H3;1H. The van der Waals surface area contributed by atoms with Gasteiger partial charge in [0.25, 0.3) is 0 Å². The van der Waals surface area contributed by atoms with Crippen LogP contribution >= 0.6 is 12.4 Å². The molecule has 0 saturated carbocycles. The third-order valence-corrected chi connectivity index (χ3v) is 5.27. The van der Waals surface area contributed by atoms with Crippen molar-refractivity contribution in [1.82, 2.24) is 9.21 Å². The van der Waals surface area contributed by atoms with Gasteiger partial charge in [0.2, 0.25) is 15.9 Å². The molecule has 1 rings (SSSR count). The molecule has 132 valence electrons. The maximum atomic E-state index is 12.4. The zero-order chi connectivity index (χ0) is 17.0. The molecule has 0 radical (unpaired) electrons. The Morgan fingerprint density at radius 2 is 1.70 bits per heavy atom. The van der Waals surface area contributed by atoms with Crippen LogP contribution in [0.25, 0.3) is 0 Å². The van der Waals surface area contributed by atoms with E-state index in [-0.39, 0.29) is 35.2 Å². The predicted molar refractivity (Wildman–Crippen MR) is 94.0 cm³/mol. The van der Waals surface area contributed by atoms with Crippen LogP contribution in [0.15, 0.2) is 35.2 Å². The molecule has 0 unspecified atom stereocenters. The molecule has 0 bridgehead atoms. The molecule has 0 aromatic heterocycles. The van der Waals surface area contributed by atoms with Crippen molar-refractivity contribution in [1.29, 1.82) is 0 Å². The number of nitrogens with zero attached hydrogens (tertiary/aromatic N) is 2. The molecular formula is C15H26ClN3O3S. The Kier molecular flexibility index (Phi) is 8.20. The summed E-state index contributed by atoms with van der Waals surface area (Å²) in [6.45, 7) is 4.64. The Morgan fingerprint density at radius 3 is 2.17 bits per heavy atom. The predicted octanol–water partition coefficient (Wildman–Crippen LogP) is 1.17. The van der Waals surface area contributed by atoms with Gasteiger partial charge in [0.15, 0.2) is 0 Å². The second-order valence-corrected chi connectivity index (χ2v) is 8.24. The lowest BCUT2D eigenvalue weighted by molar-refractivity contribution is -0.131. The normalized spacial score (nSPS) is 11.9. The van der Waals surface area contributed by atoms with Crippen molar-refractivity contribution in [3.8, 4) is 0 Å². The number of rotatable bonds is 7. The highest BCUT2D eigenvalue weighted by Crippen LogP contribution is 2.16. The first kappa shape index (κ1) is 21.9. The summed E-state index contributed by atoms with van der Waals surface area (Å²) in [6, 6.07) is 8.07. The molecule has 6 nitrogen and oxygen atoms in total. The first-order valence-corrected chi connectivity index (χ1v) is 8.49. The molecule has 8 heteroatoms. The fourth-order valence-corrected chi connectivity index (χ4v) is 3.10. The van der Waals surface area contributed by atoms with Crippen LogP contribution < -0.4 is 5.73 Å². The van der Waals surface area contributed by atoms with E-state index in [2.05, 4.69) is 0 Å². The van der Waals surface area contributed by atoms with Crippen molar-refractivity contribution in [3.63, 3.8) is 0 Å². The van der Waals surface area contributed by atoms with Crippen LogP contribution in [0.2, 0.25) is 0 Å². The van der Waals surface area contributed by atoms with Crippen molar-refractivity contribution in [3.05, 3.63) is 30.3 Å². The van der Waals surface area contributed by atoms with E-state index >= 15 is 0 Å². The van der Waals surface area contributed by atoms with E-state index in [4.69, 9.17) is 5.73 Å². The number of hydrogen-bond acceptors (Lipinski definition) is 4. The number of benzene rings is 1. The maximum Gasteiger partial charge on any atom is 0.243 e. The highest BCUT2D eigenvalue weighted by molar-refractivity contribution is 7.89. The first-order chi connectivity index (χ1) is 10.1. The number of sulfonamides is 1. The minimum absolute atomic E-state index is 0. The van der Waals surface area contributed by atoms with E-state index in [1.165, 1.54) is 24.1 Å². The molecule has 0 fully saturated rings. The van der Waals surface area contributed by atoms with Gasteiger partial charge in [-0.3, -0.25) is 4.79 Å². The molecule has 1 aromatic rings. The van der Waals surface area contributed by atoms with Gasteiger partial charge in [-0.2, -0.15) is 4.31 Å². The lowest BCUT2D eigenvalue weighted by atomic mass is 9.93.